The van der Waals surface area contributed by atoms with Gasteiger partial charge in [0.15, 0.2) is 0 Å². The van der Waals surface area contributed by atoms with Gasteiger partial charge >= 0.3 is 0 Å². The first kappa shape index (κ1) is 42.0. The molecule has 1 aromatic carbocycles. The van der Waals surface area contributed by atoms with Crippen molar-refractivity contribution in [1.82, 2.24) is 19.3 Å². The molecule has 1 heterocycles. The van der Waals surface area contributed by atoms with E-state index in [-0.39, 0.29) is 6.47 Å². The molecule has 1 unspecified atom stereocenters. The van der Waals surface area contributed by atoms with Gasteiger partial charge in [-0.05, 0) is 104 Å². The third kappa shape index (κ3) is 14.9. The van der Waals surface area contributed by atoms with Crippen LogP contribution in [0.5, 0.6) is 5.75 Å². The molecule has 2 aromatic rings. The summed E-state index contributed by atoms with van der Waals surface area (Å²) >= 11 is 0. The summed E-state index contributed by atoms with van der Waals surface area (Å²) in [6, 6.07) is 8.70. The van der Waals surface area contributed by atoms with Crippen LogP contribution in [0, 0.1) is 0 Å². The molecule has 0 bridgehead atoms. The molecule has 0 saturated heterocycles. The topological polar surface area (TPSA) is 61.2 Å². The van der Waals surface area contributed by atoms with Crippen LogP contribution in [-0.2, 0) is 11.2 Å². The van der Waals surface area contributed by atoms with E-state index in [1.165, 1.54) is 68.1 Å². The lowest BCUT2D eigenvalue weighted by Gasteiger charge is -2.36. The van der Waals surface area contributed by atoms with Crippen LogP contribution in [0.4, 0.5) is 0 Å². The van der Waals surface area contributed by atoms with Gasteiger partial charge in [-0.2, -0.15) is 0 Å². The summed E-state index contributed by atoms with van der Waals surface area (Å²) in [5.74, 6) is 0.956. The van der Waals surface area contributed by atoms with Crippen molar-refractivity contribution in [2.24, 2.45) is 0 Å². The zero-order valence-corrected chi connectivity index (χ0v) is 29.7. The molecular weight excluding hydrogens is 524 g/mol. The molecule has 0 amide bonds. The van der Waals surface area contributed by atoms with Gasteiger partial charge in [-0.25, -0.2) is 0 Å². The zero-order chi connectivity index (χ0) is 32.7. The molecule has 1 N–H and O–H groups in total. The second kappa shape index (κ2) is 25.4. The monoisotopic (exact) mass is 593 g/mol. The van der Waals surface area contributed by atoms with E-state index < -0.39 is 0 Å². The molecular formula is C35H68N4O3. The zero-order valence-electron chi connectivity index (χ0n) is 29.7. The highest BCUT2D eigenvalue weighted by atomic mass is 16.5. The van der Waals surface area contributed by atoms with Crippen LogP contribution in [-0.4, -0.2) is 97.9 Å². The van der Waals surface area contributed by atoms with Gasteiger partial charge in [-0.1, -0.05) is 54.9 Å². The lowest BCUT2D eigenvalue weighted by atomic mass is 9.90. The number of likely N-dealkylation sites (N-methyl/N-ethyl adjacent to an activating group) is 1. The minimum atomic E-state index is -0.250. The number of rotatable bonds is 11. The third-order valence-electron chi connectivity index (χ3n) is 7.93. The van der Waals surface area contributed by atoms with E-state index in [4.69, 9.17) is 14.6 Å². The average molecular weight is 593 g/mol. The van der Waals surface area contributed by atoms with Gasteiger partial charge in [0.25, 0.3) is 6.47 Å². The average Bonchev–Trinajstić information content (AvgIpc) is 3.37. The van der Waals surface area contributed by atoms with Crippen molar-refractivity contribution in [2.75, 3.05) is 54.9 Å². The van der Waals surface area contributed by atoms with E-state index in [9.17, 15) is 0 Å². The number of methoxy groups -OCH3 is 1. The Morgan fingerprint density at radius 3 is 1.95 bits per heavy atom. The van der Waals surface area contributed by atoms with E-state index in [0.717, 1.165) is 30.8 Å². The summed E-state index contributed by atoms with van der Waals surface area (Å²) < 4.78 is 8.08. The van der Waals surface area contributed by atoms with Crippen LogP contribution in [0.3, 0.4) is 0 Å². The van der Waals surface area contributed by atoms with E-state index in [2.05, 4.69) is 99.5 Å². The maximum Gasteiger partial charge on any atom is 0.290 e. The molecule has 1 aliphatic rings. The Kier molecular flexibility index (Phi) is 25.4. The summed E-state index contributed by atoms with van der Waals surface area (Å²) in [5.41, 5.74) is 2.81. The van der Waals surface area contributed by atoms with E-state index in [0.29, 0.717) is 6.04 Å². The van der Waals surface area contributed by atoms with Crippen LogP contribution < -0.4 is 4.74 Å². The van der Waals surface area contributed by atoms with Gasteiger partial charge in [0, 0.05) is 42.3 Å². The maximum atomic E-state index is 8.36. The molecule has 0 radical (unpaired) electrons. The van der Waals surface area contributed by atoms with E-state index >= 15 is 0 Å². The molecule has 1 saturated carbocycles. The summed E-state index contributed by atoms with van der Waals surface area (Å²) in [5, 5.41) is 8.28. The fraction of sp³-hybridized carbons (Fsp3) is 0.743. The second-order valence-electron chi connectivity index (χ2n) is 10.9. The highest BCUT2D eigenvalue weighted by Crippen LogP contribution is 2.36. The summed E-state index contributed by atoms with van der Waals surface area (Å²) in [6.45, 7) is 20.2. The van der Waals surface area contributed by atoms with Gasteiger partial charge in [0.05, 0.1) is 12.6 Å². The smallest absolute Gasteiger partial charge is 0.290 e. The third-order valence-corrected chi connectivity index (χ3v) is 7.93. The fourth-order valence-electron chi connectivity index (χ4n) is 5.39. The Bertz CT molecular complexity index is 901. The van der Waals surface area contributed by atoms with Crippen molar-refractivity contribution in [3.05, 3.63) is 30.0 Å². The number of fused-ring (bicyclic) bond motifs is 1. The number of aromatic nitrogens is 1. The quantitative estimate of drug-likeness (QED) is 0.266. The summed E-state index contributed by atoms with van der Waals surface area (Å²) in [4.78, 5) is 15.5. The predicted octanol–water partition coefficient (Wildman–Crippen LogP) is 8.07. The van der Waals surface area contributed by atoms with Crippen molar-refractivity contribution < 1.29 is 14.6 Å². The Morgan fingerprint density at radius 2 is 1.55 bits per heavy atom. The largest absolute Gasteiger partial charge is 0.497 e. The second-order valence-corrected chi connectivity index (χ2v) is 10.9. The van der Waals surface area contributed by atoms with Gasteiger partial charge < -0.3 is 29.1 Å². The number of nitrogens with zero attached hydrogens (tertiary/aromatic N) is 4. The van der Waals surface area contributed by atoms with Gasteiger partial charge in [-0.15, -0.1) is 0 Å². The normalized spacial score (nSPS) is 16.7. The number of carbonyl (C=O) groups is 1. The van der Waals surface area contributed by atoms with Gasteiger partial charge in [-0.3, -0.25) is 4.79 Å². The molecule has 1 aliphatic carbocycles. The van der Waals surface area contributed by atoms with E-state index in [1.54, 1.807) is 7.11 Å². The molecule has 0 aliphatic heterocycles. The lowest BCUT2D eigenvalue weighted by Crippen LogP contribution is -2.38. The highest BCUT2D eigenvalue weighted by Gasteiger charge is 2.26. The van der Waals surface area contributed by atoms with Crippen LogP contribution >= 0.6 is 0 Å². The number of hydrogen-bond donors (Lipinski definition) is 1. The number of carboxylic acid groups (broad SMARTS) is 1. The first-order valence-corrected chi connectivity index (χ1v) is 16.5. The molecule has 7 nitrogen and oxygen atoms in total. The van der Waals surface area contributed by atoms with Crippen LogP contribution in [0.15, 0.2) is 24.4 Å². The molecule has 246 valence electrons. The molecule has 42 heavy (non-hydrogen) atoms. The lowest BCUT2D eigenvalue weighted by molar-refractivity contribution is -0.122. The Hall–Kier alpha value is -2.09. The van der Waals surface area contributed by atoms with E-state index in [1.807, 2.05) is 27.7 Å². The number of benzene rings is 1. The standard InChI is InChI=1S/C23H37N3O.C7H17N.2C2H6.CH2O2/c1-6-25(7-2)19-8-10-20(11-9-19)26-17-18(14-15-24(3)4)22-13-12-21(27-5)16-23(22)26;1-5-6-7(2)8(3)4;2*1-2;2-1-3/h12-13,16-17,19-20H,6-11,14-15H2,1-5H3;7H,5-6H2,1-4H3;2*1-2H3;1H,(H,2,3). The highest BCUT2D eigenvalue weighted by molar-refractivity contribution is 5.85. The number of ether oxygens (including phenoxy) is 1. The molecule has 3 rings (SSSR count). The number of hydrogen-bond acceptors (Lipinski definition) is 5. The van der Waals surface area contributed by atoms with Crippen molar-refractivity contribution in [1.29, 1.82) is 0 Å². The minimum absolute atomic E-state index is 0.250. The Balaban J connectivity index is 0. The van der Waals surface area contributed by atoms with Crippen LogP contribution in [0.2, 0.25) is 0 Å². The first-order chi connectivity index (χ1) is 20.2. The molecule has 7 heteroatoms. The summed E-state index contributed by atoms with van der Waals surface area (Å²) in [6.07, 6.45) is 11.3. The molecule has 1 atom stereocenters. The van der Waals surface area contributed by atoms with Crippen molar-refractivity contribution in [3.63, 3.8) is 0 Å². The fourth-order valence-corrected chi connectivity index (χ4v) is 5.39. The molecule has 1 aromatic heterocycles. The first-order valence-electron chi connectivity index (χ1n) is 16.5. The van der Waals surface area contributed by atoms with Crippen LogP contribution in [0.25, 0.3) is 10.9 Å². The molecule has 1 fully saturated rings. The SMILES string of the molecule is CC.CC.CCCC(C)N(C)C.CCN(CC)C1CCC(n2cc(CCN(C)C)c3ccc(OC)cc32)CC1.O=CO. The van der Waals surface area contributed by atoms with Crippen molar-refractivity contribution in [2.45, 2.75) is 118 Å². The van der Waals surface area contributed by atoms with Gasteiger partial charge in [0.1, 0.15) is 5.75 Å². The summed E-state index contributed by atoms with van der Waals surface area (Å²) in [7, 11) is 10.3. The minimum Gasteiger partial charge on any atom is -0.497 e. The predicted molar refractivity (Wildman–Crippen MR) is 184 cm³/mol. The maximum absolute atomic E-state index is 8.36. The molecule has 0 spiro atoms. The van der Waals surface area contributed by atoms with Crippen molar-refractivity contribution in [3.8, 4) is 5.75 Å². The Morgan fingerprint density at radius 1 is 1.00 bits per heavy atom. The Labute approximate surface area is 260 Å². The van der Waals surface area contributed by atoms with Crippen molar-refractivity contribution >= 4 is 17.4 Å². The van der Waals surface area contributed by atoms with Crippen LogP contribution in [0.1, 0.15) is 106 Å². The van der Waals surface area contributed by atoms with Gasteiger partial charge in [0.2, 0.25) is 0 Å².